The van der Waals surface area contributed by atoms with E-state index in [0.29, 0.717) is 47.4 Å². The molecule has 0 bridgehead atoms. The van der Waals surface area contributed by atoms with Crippen LogP contribution in [-0.2, 0) is 20.1 Å². The van der Waals surface area contributed by atoms with Crippen LogP contribution in [0.15, 0.2) is 33.9 Å². The van der Waals surface area contributed by atoms with Crippen molar-refractivity contribution in [3.8, 4) is 11.8 Å². The summed E-state index contributed by atoms with van der Waals surface area (Å²) in [4.78, 5) is 30.2. The standard InChI is InChI=1S/C20H25ClN4O3/c1-5-10-25-18(26)16-17(23(4)20(25)27)22-19(24(16)11-9-13(2)3)28-15-8-6-7-14(21)12-15/h6-8,12-13H,5,9-11H2,1-4H3. The molecule has 0 saturated carbocycles. The highest BCUT2D eigenvalue weighted by molar-refractivity contribution is 6.30. The van der Waals surface area contributed by atoms with Crippen LogP contribution >= 0.6 is 11.6 Å². The zero-order chi connectivity index (χ0) is 20.4. The molecule has 0 saturated heterocycles. The number of hydrogen-bond acceptors (Lipinski definition) is 4. The van der Waals surface area contributed by atoms with Crippen LogP contribution in [-0.4, -0.2) is 18.7 Å². The van der Waals surface area contributed by atoms with Gasteiger partial charge < -0.3 is 4.74 Å². The first kappa shape index (κ1) is 20.2. The predicted molar refractivity (Wildman–Crippen MR) is 111 cm³/mol. The third-order valence-corrected chi connectivity index (χ3v) is 4.82. The third kappa shape index (κ3) is 3.85. The van der Waals surface area contributed by atoms with Gasteiger partial charge in [-0.2, -0.15) is 4.98 Å². The van der Waals surface area contributed by atoms with Gasteiger partial charge in [0.25, 0.3) is 5.56 Å². The molecule has 8 heteroatoms. The second-order valence-electron chi connectivity index (χ2n) is 7.26. The summed E-state index contributed by atoms with van der Waals surface area (Å²) >= 11 is 6.05. The summed E-state index contributed by atoms with van der Waals surface area (Å²) in [5, 5.41) is 0.542. The Bertz CT molecular complexity index is 1110. The normalized spacial score (nSPS) is 11.5. The van der Waals surface area contributed by atoms with Gasteiger partial charge in [-0.15, -0.1) is 0 Å². The Kier molecular flexibility index (Phi) is 5.93. The van der Waals surface area contributed by atoms with Gasteiger partial charge >= 0.3 is 11.7 Å². The summed E-state index contributed by atoms with van der Waals surface area (Å²) in [5.74, 6) is 0.953. The van der Waals surface area contributed by atoms with Crippen LogP contribution in [0.4, 0.5) is 0 Å². The molecule has 0 unspecified atom stereocenters. The van der Waals surface area contributed by atoms with E-state index < -0.39 is 0 Å². The molecule has 1 aromatic carbocycles. The highest BCUT2D eigenvalue weighted by Crippen LogP contribution is 2.26. The Morgan fingerprint density at radius 2 is 1.93 bits per heavy atom. The van der Waals surface area contributed by atoms with Gasteiger partial charge in [0.1, 0.15) is 5.75 Å². The summed E-state index contributed by atoms with van der Waals surface area (Å²) in [7, 11) is 1.62. The Morgan fingerprint density at radius 1 is 1.18 bits per heavy atom. The molecule has 0 fully saturated rings. The predicted octanol–water partition coefficient (Wildman–Crippen LogP) is 3.80. The molecule has 0 amide bonds. The fourth-order valence-corrected chi connectivity index (χ4v) is 3.26. The van der Waals surface area contributed by atoms with Crippen LogP contribution in [0.1, 0.15) is 33.6 Å². The topological polar surface area (TPSA) is 71.1 Å². The van der Waals surface area contributed by atoms with Crippen molar-refractivity contribution in [1.29, 1.82) is 0 Å². The van der Waals surface area contributed by atoms with Crippen LogP contribution in [0.3, 0.4) is 0 Å². The number of aromatic nitrogens is 4. The molecule has 0 aliphatic carbocycles. The van der Waals surface area contributed by atoms with Gasteiger partial charge in [0, 0.05) is 25.2 Å². The lowest BCUT2D eigenvalue weighted by molar-refractivity contribution is 0.401. The monoisotopic (exact) mass is 404 g/mol. The Balaban J connectivity index is 2.23. The van der Waals surface area contributed by atoms with Crippen molar-refractivity contribution in [1.82, 2.24) is 18.7 Å². The average molecular weight is 405 g/mol. The van der Waals surface area contributed by atoms with Crippen molar-refractivity contribution >= 4 is 22.8 Å². The SMILES string of the molecule is CCCn1c(=O)c2c(nc(Oc3cccc(Cl)c3)n2CCC(C)C)n(C)c1=O. The van der Waals surface area contributed by atoms with Gasteiger partial charge in [0.05, 0.1) is 0 Å². The van der Waals surface area contributed by atoms with Gasteiger partial charge in [-0.25, -0.2) is 4.79 Å². The highest BCUT2D eigenvalue weighted by Gasteiger charge is 2.21. The van der Waals surface area contributed by atoms with Gasteiger partial charge in [-0.1, -0.05) is 38.4 Å². The fraction of sp³-hybridized carbons (Fsp3) is 0.450. The zero-order valence-electron chi connectivity index (χ0n) is 16.6. The van der Waals surface area contributed by atoms with Crippen molar-refractivity contribution in [2.45, 2.75) is 46.7 Å². The van der Waals surface area contributed by atoms with Crippen molar-refractivity contribution in [3.05, 3.63) is 50.1 Å². The number of rotatable bonds is 7. The molecule has 2 heterocycles. The van der Waals surface area contributed by atoms with E-state index in [-0.39, 0.29) is 17.3 Å². The second-order valence-corrected chi connectivity index (χ2v) is 7.70. The van der Waals surface area contributed by atoms with Gasteiger partial charge in [0.2, 0.25) is 0 Å². The zero-order valence-corrected chi connectivity index (χ0v) is 17.4. The van der Waals surface area contributed by atoms with Crippen LogP contribution in [0.2, 0.25) is 5.02 Å². The van der Waals surface area contributed by atoms with Crippen LogP contribution in [0.25, 0.3) is 11.2 Å². The summed E-state index contributed by atoms with van der Waals surface area (Å²) < 4.78 is 10.4. The van der Waals surface area contributed by atoms with E-state index in [2.05, 4.69) is 18.8 Å². The van der Waals surface area contributed by atoms with Crippen molar-refractivity contribution in [2.75, 3.05) is 0 Å². The number of hydrogen-bond donors (Lipinski definition) is 0. The quantitative estimate of drug-likeness (QED) is 0.600. The maximum absolute atomic E-state index is 13.1. The molecule has 0 aliphatic rings. The third-order valence-electron chi connectivity index (χ3n) is 4.58. The summed E-state index contributed by atoms with van der Waals surface area (Å²) in [6.07, 6.45) is 1.53. The maximum Gasteiger partial charge on any atom is 0.332 e. The lowest BCUT2D eigenvalue weighted by atomic mass is 10.1. The molecule has 0 spiro atoms. The molecule has 3 aromatic rings. The Hall–Kier alpha value is -2.54. The van der Waals surface area contributed by atoms with E-state index >= 15 is 0 Å². The Labute approximate surface area is 168 Å². The van der Waals surface area contributed by atoms with Crippen molar-refractivity contribution in [2.24, 2.45) is 13.0 Å². The number of nitrogens with zero attached hydrogens (tertiary/aromatic N) is 4. The number of benzene rings is 1. The second kappa shape index (κ2) is 8.22. The minimum atomic E-state index is -0.373. The first-order valence-corrected chi connectivity index (χ1v) is 9.84. The number of ether oxygens (including phenoxy) is 1. The number of fused-ring (bicyclic) bond motifs is 1. The smallest absolute Gasteiger partial charge is 0.332 e. The molecular weight excluding hydrogens is 380 g/mol. The van der Waals surface area contributed by atoms with E-state index in [0.717, 1.165) is 6.42 Å². The lowest BCUT2D eigenvalue weighted by Gasteiger charge is -2.12. The lowest BCUT2D eigenvalue weighted by Crippen LogP contribution is -2.39. The molecule has 0 N–H and O–H groups in total. The largest absolute Gasteiger partial charge is 0.425 e. The first-order chi connectivity index (χ1) is 13.3. The molecule has 150 valence electrons. The number of aryl methyl sites for hydroxylation is 2. The van der Waals surface area contributed by atoms with Crippen molar-refractivity contribution < 1.29 is 4.74 Å². The fourth-order valence-electron chi connectivity index (χ4n) is 3.08. The Morgan fingerprint density at radius 3 is 2.57 bits per heavy atom. The summed E-state index contributed by atoms with van der Waals surface area (Å²) in [6, 6.07) is 7.26. The summed E-state index contributed by atoms with van der Waals surface area (Å²) in [5.41, 5.74) is -0.00400. The van der Waals surface area contributed by atoms with E-state index in [4.69, 9.17) is 16.3 Å². The maximum atomic E-state index is 13.1. The molecule has 0 radical (unpaired) electrons. The minimum absolute atomic E-state index is 0.277. The van der Waals surface area contributed by atoms with Gasteiger partial charge in [-0.3, -0.25) is 18.5 Å². The molecule has 0 aliphatic heterocycles. The molecular formula is C20H25ClN4O3. The molecule has 2 aromatic heterocycles. The average Bonchev–Trinajstić information content (AvgIpc) is 3.00. The van der Waals surface area contributed by atoms with E-state index in [9.17, 15) is 9.59 Å². The first-order valence-electron chi connectivity index (χ1n) is 9.47. The van der Waals surface area contributed by atoms with Crippen LogP contribution in [0.5, 0.6) is 11.8 Å². The van der Waals surface area contributed by atoms with Crippen LogP contribution < -0.4 is 16.0 Å². The minimum Gasteiger partial charge on any atom is -0.425 e. The number of imidazole rings is 1. The number of halogens is 1. The highest BCUT2D eigenvalue weighted by atomic mass is 35.5. The van der Waals surface area contributed by atoms with Crippen LogP contribution in [0, 0.1) is 5.92 Å². The van der Waals surface area contributed by atoms with E-state index in [1.165, 1.54) is 9.13 Å². The van der Waals surface area contributed by atoms with Gasteiger partial charge in [0.15, 0.2) is 11.2 Å². The summed E-state index contributed by atoms with van der Waals surface area (Å²) in [6.45, 7) is 7.08. The van der Waals surface area contributed by atoms with Gasteiger partial charge in [-0.05, 0) is 37.0 Å². The van der Waals surface area contributed by atoms with E-state index in [1.54, 1.807) is 35.9 Å². The molecule has 28 heavy (non-hydrogen) atoms. The van der Waals surface area contributed by atoms with E-state index in [1.807, 2.05) is 6.92 Å². The molecule has 7 nitrogen and oxygen atoms in total. The van der Waals surface area contributed by atoms with Crippen molar-refractivity contribution in [3.63, 3.8) is 0 Å². The molecule has 0 atom stereocenters. The molecule has 3 rings (SSSR count).